The fourth-order valence-corrected chi connectivity index (χ4v) is 3.91. The first-order valence-electron chi connectivity index (χ1n) is 9.60. The molecule has 1 fully saturated rings. The van der Waals surface area contributed by atoms with Gasteiger partial charge in [0.2, 0.25) is 5.91 Å². The number of rotatable bonds is 5. The molecule has 0 bridgehead atoms. The normalized spacial score (nSPS) is 14.9. The Morgan fingerprint density at radius 2 is 1.79 bits per heavy atom. The zero-order chi connectivity index (χ0) is 20.4. The van der Waals surface area contributed by atoms with Crippen molar-refractivity contribution in [3.8, 4) is 5.75 Å². The topological polar surface area (TPSA) is 88.4 Å². The molecule has 0 saturated carbocycles. The van der Waals surface area contributed by atoms with Crippen molar-refractivity contribution in [2.45, 2.75) is 25.4 Å². The van der Waals surface area contributed by atoms with Crippen LogP contribution in [0.4, 0.5) is 0 Å². The number of carbonyl (C=O) groups is 2. The number of aromatic nitrogens is 1. The molecule has 0 radical (unpaired) electrons. The smallest absolute Gasteiger partial charge is 0.270 e. The summed E-state index contributed by atoms with van der Waals surface area (Å²) in [6.45, 7) is 1.17. The molecule has 3 aromatic rings. The molecule has 150 valence electrons. The minimum absolute atomic E-state index is 0.0290. The number of nitrogens with two attached hydrogens (primary N) is 1. The molecule has 0 atom stereocenters. The summed E-state index contributed by atoms with van der Waals surface area (Å²) >= 11 is 5.91. The highest BCUT2D eigenvalue weighted by Crippen LogP contribution is 2.26. The van der Waals surface area contributed by atoms with Gasteiger partial charge in [0.25, 0.3) is 5.91 Å². The maximum atomic E-state index is 13.2. The zero-order valence-electron chi connectivity index (χ0n) is 15.9. The van der Waals surface area contributed by atoms with Crippen LogP contribution in [0, 0.1) is 0 Å². The Morgan fingerprint density at radius 1 is 1.10 bits per heavy atom. The van der Waals surface area contributed by atoms with Gasteiger partial charge in [-0.3, -0.25) is 9.59 Å². The van der Waals surface area contributed by atoms with Crippen LogP contribution in [0.15, 0.2) is 48.5 Å². The van der Waals surface area contributed by atoms with Gasteiger partial charge in [0, 0.05) is 41.9 Å². The lowest BCUT2D eigenvalue weighted by Crippen LogP contribution is -2.42. The van der Waals surface area contributed by atoms with Crippen LogP contribution in [0.25, 0.3) is 10.9 Å². The third-order valence-corrected chi connectivity index (χ3v) is 5.48. The van der Waals surface area contributed by atoms with Crippen LogP contribution >= 0.6 is 11.6 Å². The van der Waals surface area contributed by atoms with Crippen molar-refractivity contribution in [2.24, 2.45) is 5.73 Å². The molecular weight excluding hydrogens is 390 g/mol. The van der Waals surface area contributed by atoms with Crippen molar-refractivity contribution in [2.75, 3.05) is 13.1 Å². The summed E-state index contributed by atoms with van der Waals surface area (Å²) in [6, 6.07) is 14.9. The second kappa shape index (κ2) is 8.17. The van der Waals surface area contributed by atoms with Crippen molar-refractivity contribution in [3.05, 3.63) is 64.8 Å². The van der Waals surface area contributed by atoms with E-state index in [0.29, 0.717) is 29.4 Å². The number of primary amides is 1. The van der Waals surface area contributed by atoms with E-state index in [0.717, 1.165) is 29.5 Å². The molecule has 0 spiro atoms. The number of nitrogens with one attached hydrogen (secondary N) is 1. The highest BCUT2D eigenvalue weighted by Gasteiger charge is 2.28. The summed E-state index contributed by atoms with van der Waals surface area (Å²) in [6.07, 6.45) is 1.55. The second-order valence-corrected chi connectivity index (χ2v) is 7.67. The number of fused-ring (bicyclic) bond motifs is 1. The number of benzene rings is 2. The molecule has 2 aromatic carbocycles. The maximum absolute atomic E-state index is 13.2. The fourth-order valence-electron chi connectivity index (χ4n) is 3.78. The van der Waals surface area contributed by atoms with Gasteiger partial charge in [-0.05, 0) is 35.9 Å². The van der Waals surface area contributed by atoms with Crippen LogP contribution in [0.5, 0.6) is 5.75 Å². The van der Waals surface area contributed by atoms with Gasteiger partial charge in [-0.15, -0.1) is 0 Å². The van der Waals surface area contributed by atoms with Gasteiger partial charge in [-0.1, -0.05) is 29.8 Å². The van der Waals surface area contributed by atoms with Crippen LogP contribution < -0.4 is 10.5 Å². The lowest BCUT2D eigenvalue weighted by Gasteiger charge is -2.32. The van der Waals surface area contributed by atoms with Crippen molar-refractivity contribution in [3.63, 3.8) is 0 Å². The highest BCUT2D eigenvalue weighted by atomic mass is 35.5. The van der Waals surface area contributed by atoms with Crippen LogP contribution in [0.2, 0.25) is 5.02 Å². The maximum Gasteiger partial charge on any atom is 0.270 e. The summed E-state index contributed by atoms with van der Waals surface area (Å²) in [5, 5.41) is 1.53. The number of para-hydroxylation sites is 1. The summed E-state index contributed by atoms with van der Waals surface area (Å²) in [7, 11) is 0. The molecule has 3 N–H and O–H groups in total. The van der Waals surface area contributed by atoms with Crippen molar-refractivity contribution < 1.29 is 14.3 Å². The number of nitrogens with zero attached hydrogens (tertiary/aromatic N) is 1. The number of aromatic amines is 1. The van der Waals surface area contributed by atoms with Crippen LogP contribution in [0.3, 0.4) is 0 Å². The monoisotopic (exact) mass is 411 g/mol. The fraction of sp³-hybridized carbons (Fsp3) is 0.273. The Morgan fingerprint density at radius 3 is 2.48 bits per heavy atom. The molecule has 1 aromatic heterocycles. The molecule has 1 aliphatic heterocycles. The Bertz CT molecular complexity index is 1040. The number of carbonyl (C=O) groups excluding carboxylic acids is 2. The minimum atomic E-state index is -0.459. The largest absolute Gasteiger partial charge is 0.490 e. The highest BCUT2D eigenvalue weighted by molar-refractivity contribution is 6.30. The van der Waals surface area contributed by atoms with E-state index in [4.69, 9.17) is 22.1 Å². The number of piperidine rings is 1. The van der Waals surface area contributed by atoms with Crippen molar-refractivity contribution in [1.29, 1.82) is 0 Å². The molecule has 1 saturated heterocycles. The number of likely N-dealkylation sites (tertiary alicyclic amines) is 1. The average molecular weight is 412 g/mol. The zero-order valence-corrected chi connectivity index (χ0v) is 16.6. The van der Waals surface area contributed by atoms with Gasteiger partial charge in [0.15, 0.2) is 0 Å². The van der Waals surface area contributed by atoms with E-state index < -0.39 is 5.91 Å². The van der Waals surface area contributed by atoms with Gasteiger partial charge < -0.3 is 20.4 Å². The molecule has 4 rings (SSSR count). The molecule has 2 heterocycles. The molecule has 0 unspecified atom stereocenters. The first-order valence-corrected chi connectivity index (χ1v) is 9.98. The van der Waals surface area contributed by atoms with Gasteiger partial charge >= 0.3 is 0 Å². The van der Waals surface area contributed by atoms with Crippen molar-refractivity contribution >= 4 is 34.3 Å². The molecule has 0 aliphatic carbocycles. The van der Waals surface area contributed by atoms with Crippen LogP contribution in [-0.2, 0) is 11.2 Å². The third kappa shape index (κ3) is 4.22. The number of hydrogen-bond donors (Lipinski definition) is 2. The predicted molar refractivity (Wildman–Crippen MR) is 112 cm³/mol. The summed E-state index contributed by atoms with van der Waals surface area (Å²) in [5.74, 6) is 0.208. The van der Waals surface area contributed by atoms with Gasteiger partial charge in [-0.25, -0.2) is 0 Å². The van der Waals surface area contributed by atoms with E-state index >= 15 is 0 Å². The van der Waals surface area contributed by atoms with Crippen LogP contribution in [-0.4, -0.2) is 40.9 Å². The number of halogens is 1. The van der Waals surface area contributed by atoms with Crippen LogP contribution in [0.1, 0.15) is 28.9 Å². The molecule has 6 nitrogen and oxygen atoms in total. The average Bonchev–Trinajstić information content (AvgIpc) is 3.08. The molecule has 1 aliphatic rings. The molecule has 7 heteroatoms. The predicted octanol–water partition coefficient (Wildman–Crippen LogP) is 3.53. The van der Waals surface area contributed by atoms with Crippen molar-refractivity contribution in [1.82, 2.24) is 9.88 Å². The summed E-state index contributed by atoms with van der Waals surface area (Å²) < 4.78 is 6.00. The van der Waals surface area contributed by atoms with E-state index in [-0.39, 0.29) is 18.4 Å². The number of amides is 2. The Hall–Kier alpha value is -2.99. The van der Waals surface area contributed by atoms with Gasteiger partial charge in [-0.2, -0.15) is 0 Å². The first-order chi connectivity index (χ1) is 14.0. The second-order valence-electron chi connectivity index (χ2n) is 7.23. The first kappa shape index (κ1) is 19.3. The van der Waals surface area contributed by atoms with Gasteiger partial charge in [0.05, 0.1) is 6.42 Å². The standard InChI is InChI=1S/C22H22ClN3O3/c23-14-5-7-15(8-6-14)29-16-9-11-26(12-10-16)22(28)21-18(13-20(24)27)17-3-1-2-4-19(17)25-21/h1-8,16,25H,9-13H2,(H2,24,27). The number of H-pyrrole nitrogens is 1. The molecular formula is C22H22ClN3O3. The van der Waals surface area contributed by atoms with E-state index in [2.05, 4.69) is 4.98 Å². The Kier molecular flexibility index (Phi) is 5.45. The molecule has 2 amide bonds. The van der Waals surface area contributed by atoms with E-state index in [9.17, 15) is 9.59 Å². The summed E-state index contributed by atoms with van der Waals surface area (Å²) in [4.78, 5) is 29.7. The van der Waals surface area contributed by atoms with E-state index in [1.807, 2.05) is 36.4 Å². The molecule has 29 heavy (non-hydrogen) atoms. The SMILES string of the molecule is NC(=O)Cc1c(C(=O)N2CCC(Oc3ccc(Cl)cc3)CC2)[nH]c2ccccc12. The lowest BCUT2D eigenvalue weighted by atomic mass is 10.0. The number of hydrogen-bond acceptors (Lipinski definition) is 3. The van der Waals surface area contributed by atoms with E-state index in [1.54, 1.807) is 17.0 Å². The minimum Gasteiger partial charge on any atom is -0.490 e. The Balaban J connectivity index is 1.47. The third-order valence-electron chi connectivity index (χ3n) is 5.22. The summed E-state index contributed by atoms with van der Waals surface area (Å²) in [5.41, 5.74) is 7.36. The Labute approximate surface area is 173 Å². The lowest BCUT2D eigenvalue weighted by molar-refractivity contribution is -0.117. The quantitative estimate of drug-likeness (QED) is 0.673. The number of ether oxygens (including phenoxy) is 1. The van der Waals surface area contributed by atoms with E-state index in [1.165, 1.54) is 0 Å². The van der Waals surface area contributed by atoms with Gasteiger partial charge in [0.1, 0.15) is 17.5 Å².